The maximum Gasteiger partial charge on any atom is 0.416 e. The first-order chi connectivity index (χ1) is 19.2. The van der Waals surface area contributed by atoms with E-state index in [1.54, 1.807) is 0 Å². The number of carbonyl (C=O) groups excluding carboxylic acids is 2. The number of halogens is 3. The molecule has 1 aromatic carbocycles. The van der Waals surface area contributed by atoms with Crippen LogP contribution in [0.4, 0.5) is 19.0 Å². The molecule has 2 aromatic rings. The molecule has 1 saturated heterocycles. The standard InChI is InChI=1S/C27H39F3N6O.C2H5NO/c1-26(2,3)35-18-8-10-19(11-9-18)36-15-13-22(25(36)37)33-24-20-16-17(27(28,29)30)7-12-21(20)32-23(34-24)6-4-5-14-31;1-2(3)4/h7,12,16,18-19,22,35H,4-6,8-11,13-15,31H2,1-3H3,(H,32,33,34);1H3,(H2,3,4). The van der Waals surface area contributed by atoms with Crippen LogP contribution >= 0.6 is 0 Å². The number of aromatic nitrogens is 2. The first-order valence-corrected chi connectivity index (χ1v) is 14.4. The quantitative estimate of drug-likeness (QED) is 0.345. The Morgan fingerprint density at radius 2 is 1.73 bits per heavy atom. The summed E-state index contributed by atoms with van der Waals surface area (Å²) in [6.45, 7) is 8.99. The van der Waals surface area contributed by atoms with Crippen LogP contribution in [0, 0.1) is 0 Å². The Morgan fingerprint density at radius 1 is 1.07 bits per heavy atom. The molecule has 1 aliphatic heterocycles. The third kappa shape index (κ3) is 9.53. The van der Waals surface area contributed by atoms with Crippen molar-refractivity contribution in [3.8, 4) is 0 Å². The Labute approximate surface area is 240 Å². The van der Waals surface area contributed by atoms with Crippen molar-refractivity contribution in [2.75, 3.05) is 18.4 Å². The summed E-state index contributed by atoms with van der Waals surface area (Å²) in [5, 5.41) is 7.14. The molecule has 0 spiro atoms. The van der Waals surface area contributed by atoms with Crippen molar-refractivity contribution in [2.45, 2.75) is 109 Å². The molecule has 1 aromatic heterocycles. The van der Waals surface area contributed by atoms with E-state index in [-0.39, 0.29) is 34.6 Å². The summed E-state index contributed by atoms with van der Waals surface area (Å²) >= 11 is 0. The van der Waals surface area contributed by atoms with Gasteiger partial charge in [-0.05, 0) is 90.5 Å². The number of nitrogens with one attached hydrogen (secondary N) is 2. The van der Waals surface area contributed by atoms with E-state index >= 15 is 0 Å². The van der Waals surface area contributed by atoms with Crippen molar-refractivity contribution in [1.82, 2.24) is 20.2 Å². The van der Waals surface area contributed by atoms with Crippen LogP contribution in [0.15, 0.2) is 18.2 Å². The molecule has 41 heavy (non-hydrogen) atoms. The summed E-state index contributed by atoms with van der Waals surface area (Å²) in [7, 11) is 0. The van der Waals surface area contributed by atoms with Crippen LogP contribution in [-0.2, 0) is 22.2 Å². The van der Waals surface area contributed by atoms with Crippen LogP contribution in [0.3, 0.4) is 0 Å². The number of benzene rings is 1. The third-order valence-electron chi connectivity index (χ3n) is 7.25. The fourth-order valence-corrected chi connectivity index (χ4v) is 5.51. The number of hydrogen-bond donors (Lipinski definition) is 4. The smallest absolute Gasteiger partial charge is 0.370 e. The Kier molecular flexibility index (Phi) is 10.9. The molecular formula is C29H44F3N7O2. The van der Waals surface area contributed by atoms with Crippen LogP contribution < -0.4 is 22.1 Å². The maximum atomic E-state index is 13.4. The number of alkyl halides is 3. The summed E-state index contributed by atoms with van der Waals surface area (Å²) < 4.78 is 40.3. The molecule has 2 aliphatic rings. The summed E-state index contributed by atoms with van der Waals surface area (Å²) in [6.07, 6.45) is 2.20. The zero-order valence-corrected chi connectivity index (χ0v) is 24.5. The van der Waals surface area contributed by atoms with Crippen LogP contribution in [-0.4, -0.2) is 63.4 Å². The van der Waals surface area contributed by atoms with Gasteiger partial charge < -0.3 is 27.0 Å². The van der Waals surface area contributed by atoms with Crippen molar-refractivity contribution in [2.24, 2.45) is 11.5 Å². The number of carbonyl (C=O) groups is 2. The Morgan fingerprint density at radius 3 is 2.32 bits per heavy atom. The number of nitrogens with zero attached hydrogens (tertiary/aromatic N) is 3. The second-order valence-corrected chi connectivity index (χ2v) is 12.0. The predicted octanol–water partition coefficient (Wildman–Crippen LogP) is 4.13. The molecular weight excluding hydrogens is 535 g/mol. The molecule has 1 unspecified atom stereocenters. The number of nitrogens with two attached hydrogens (primary N) is 2. The highest BCUT2D eigenvalue weighted by Crippen LogP contribution is 2.34. The van der Waals surface area contributed by atoms with Gasteiger partial charge in [0.05, 0.1) is 11.1 Å². The summed E-state index contributed by atoms with van der Waals surface area (Å²) in [5.74, 6) is 0.489. The fraction of sp³-hybridized carbons (Fsp3) is 0.655. The molecule has 228 valence electrons. The van der Waals surface area contributed by atoms with Crippen molar-refractivity contribution in [3.05, 3.63) is 29.6 Å². The zero-order chi connectivity index (χ0) is 30.4. The van der Waals surface area contributed by atoms with Crippen LogP contribution in [0.5, 0.6) is 0 Å². The lowest BCUT2D eigenvalue weighted by atomic mass is 9.89. The Bertz CT molecular complexity index is 1190. The predicted molar refractivity (Wildman–Crippen MR) is 154 cm³/mol. The lowest BCUT2D eigenvalue weighted by molar-refractivity contribution is -0.137. The van der Waals surface area contributed by atoms with E-state index in [9.17, 15) is 22.8 Å². The normalized spacial score (nSPS) is 21.5. The van der Waals surface area contributed by atoms with Gasteiger partial charge >= 0.3 is 6.18 Å². The summed E-state index contributed by atoms with van der Waals surface area (Å²) in [4.78, 5) is 33.6. The van der Waals surface area contributed by atoms with Crippen LogP contribution in [0.2, 0.25) is 0 Å². The van der Waals surface area contributed by atoms with Crippen LogP contribution in [0.1, 0.15) is 84.0 Å². The molecule has 9 nitrogen and oxygen atoms in total. The van der Waals surface area contributed by atoms with Gasteiger partial charge in [0, 0.05) is 42.9 Å². The lowest BCUT2D eigenvalue weighted by Gasteiger charge is -2.37. The van der Waals surface area contributed by atoms with Crippen molar-refractivity contribution < 1.29 is 22.8 Å². The molecule has 0 bridgehead atoms. The highest BCUT2D eigenvalue weighted by Gasteiger charge is 2.38. The number of amides is 2. The lowest BCUT2D eigenvalue weighted by Crippen LogP contribution is -2.49. The van der Waals surface area contributed by atoms with E-state index in [2.05, 4.69) is 47.1 Å². The van der Waals surface area contributed by atoms with Gasteiger partial charge in [0.15, 0.2) is 0 Å². The van der Waals surface area contributed by atoms with Gasteiger partial charge in [-0.1, -0.05) is 0 Å². The average Bonchev–Trinajstić information content (AvgIpc) is 3.22. The second kappa shape index (κ2) is 13.8. The number of rotatable bonds is 8. The SMILES string of the molecule is CC(C)(C)NC1CCC(N2CCC(Nc3nc(CCCCN)nc4ccc(C(F)(F)F)cc34)C2=O)CC1.CC(N)=O. The van der Waals surface area contributed by atoms with E-state index < -0.39 is 17.8 Å². The van der Waals surface area contributed by atoms with Gasteiger partial charge in [-0.3, -0.25) is 9.59 Å². The first kappa shape index (κ1) is 32.5. The molecule has 2 fully saturated rings. The fourth-order valence-electron chi connectivity index (χ4n) is 5.51. The largest absolute Gasteiger partial charge is 0.416 e. The van der Waals surface area contributed by atoms with Crippen molar-refractivity contribution in [3.63, 3.8) is 0 Å². The van der Waals surface area contributed by atoms with Gasteiger partial charge in [0.1, 0.15) is 17.7 Å². The number of anilines is 1. The molecule has 1 aliphatic carbocycles. The number of likely N-dealkylation sites (tertiary alicyclic amines) is 1. The molecule has 12 heteroatoms. The molecule has 6 N–H and O–H groups in total. The van der Waals surface area contributed by atoms with Crippen LogP contribution in [0.25, 0.3) is 10.9 Å². The van der Waals surface area contributed by atoms with E-state index in [4.69, 9.17) is 5.73 Å². The Balaban J connectivity index is 0.00000108. The third-order valence-corrected chi connectivity index (χ3v) is 7.25. The minimum Gasteiger partial charge on any atom is -0.370 e. The summed E-state index contributed by atoms with van der Waals surface area (Å²) in [6, 6.07) is 3.62. The number of aryl methyl sites for hydroxylation is 1. The molecule has 2 heterocycles. The van der Waals surface area contributed by atoms with Crippen molar-refractivity contribution in [1.29, 1.82) is 0 Å². The molecule has 2 amide bonds. The van der Waals surface area contributed by atoms with Gasteiger partial charge in [-0.25, -0.2) is 9.97 Å². The van der Waals surface area contributed by atoms with E-state index in [0.717, 1.165) is 50.7 Å². The highest BCUT2D eigenvalue weighted by atomic mass is 19.4. The number of hydrogen-bond acceptors (Lipinski definition) is 7. The molecule has 1 saturated carbocycles. The van der Waals surface area contributed by atoms with Crippen molar-refractivity contribution >= 4 is 28.5 Å². The molecule has 0 radical (unpaired) electrons. The minimum absolute atomic E-state index is 0.00403. The number of unbranched alkanes of at least 4 members (excludes halogenated alkanes) is 1. The van der Waals surface area contributed by atoms with E-state index in [1.807, 2.05) is 4.90 Å². The first-order valence-electron chi connectivity index (χ1n) is 14.4. The summed E-state index contributed by atoms with van der Waals surface area (Å²) in [5.41, 5.74) is 9.80. The average molecular weight is 580 g/mol. The molecule has 4 rings (SSSR count). The van der Waals surface area contributed by atoms with Gasteiger partial charge in [-0.15, -0.1) is 0 Å². The monoisotopic (exact) mass is 579 g/mol. The zero-order valence-electron chi connectivity index (χ0n) is 24.5. The van der Waals surface area contributed by atoms with Gasteiger partial charge in [0.2, 0.25) is 11.8 Å². The number of primary amides is 1. The van der Waals surface area contributed by atoms with E-state index in [0.29, 0.717) is 43.3 Å². The number of fused-ring (bicyclic) bond motifs is 1. The minimum atomic E-state index is -4.48. The topological polar surface area (TPSA) is 139 Å². The van der Waals surface area contributed by atoms with E-state index in [1.165, 1.54) is 13.0 Å². The van der Waals surface area contributed by atoms with Gasteiger partial charge in [0.25, 0.3) is 0 Å². The highest BCUT2D eigenvalue weighted by molar-refractivity contribution is 5.93. The maximum absolute atomic E-state index is 13.4. The second-order valence-electron chi connectivity index (χ2n) is 12.0. The van der Waals surface area contributed by atoms with Gasteiger partial charge in [-0.2, -0.15) is 13.2 Å². The Hall–Kier alpha value is -2.99. The molecule has 1 atom stereocenters.